The molecule has 1 aliphatic rings. The first kappa shape index (κ1) is 34.5. The molecule has 4 N–H and O–H groups in total. The summed E-state index contributed by atoms with van der Waals surface area (Å²) < 4.78 is 26.7. The van der Waals surface area contributed by atoms with Gasteiger partial charge in [0.15, 0.2) is 29.9 Å². The molecule has 0 amide bonds. The molecule has 0 unspecified atom stereocenters. The summed E-state index contributed by atoms with van der Waals surface area (Å²) >= 11 is 0. The number of rotatable bonds is 13. The van der Waals surface area contributed by atoms with E-state index in [0.717, 1.165) is 24.2 Å². The molecule has 2 aromatic carbocycles. The van der Waals surface area contributed by atoms with Crippen LogP contribution in [-0.2, 0) is 23.7 Å². The highest BCUT2D eigenvalue weighted by Gasteiger charge is 2.61. The number of imidazole rings is 1. The lowest BCUT2D eigenvalue weighted by Gasteiger charge is -2.37. The molecule has 1 saturated heterocycles. The fourth-order valence-electron chi connectivity index (χ4n) is 6.42. The molecule has 48 heavy (non-hydrogen) atoms. The van der Waals surface area contributed by atoms with Gasteiger partial charge >= 0.3 is 17.9 Å². The zero-order valence-electron chi connectivity index (χ0n) is 27.6. The molecule has 0 saturated carbocycles. The Hall–Kier alpha value is -4.82. The Bertz CT molecular complexity index is 1740. The summed E-state index contributed by atoms with van der Waals surface area (Å²) in [7, 11) is -1.83. The maximum atomic E-state index is 13.8. The molecule has 0 aliphatic carbocycles. The number of hydrogen-bond donors (Lipinski definition) is 2. The predicted molar refractivity (Wildman–Crippen MR) is 182 cm³/mol. The van der Waals surface area contributed by atoms with Crippen molar-refractivity contribution < 1.29 is 33.3 Å². The van der Waals surface area contributed by atoms with E-state index in [4.69, 9.17) is 30.4 Å². The van der Waals surface area contributed by atoms with E-state index in [9.17, 15) is 14.4 Å². The molecule has 2 aromatic heterocycles. The van der Waals surface area contributed by atoms with E-state index in [1.165, 1.54) is 17.8 Å². The Labute approximate surface area is 280 Å². The molecule has 4 atom stereocenters. The smallest absolute Gasteiger partial charge is 0.338 e. The van der Waals surface area contributed by atoms with Crippen LogP contribution in [0.3, 0.4) is 0 Å². The lowest BCUT2D eigenvalue weighted by Crippen LogP contribution is -2.52. The number of benzene rings is 2. The Kier molecular flexibility index (Phi) is 10.4. The minimum atomic E-state index is -1.83. The van der Waals surface area contributed by atoms with Crippen LogP contribution in [0.4, 0.5) is 11.8 Å². The average molecular weight is 675 g/mol. The van der Waals surface area contributed by atoms with Crippen molar-refractivity contribution in [2.24, 2.45) is 0 Å². The number of anilines is 2. The highest BCUT2D eigenvalue weighted by Crippen LogP contribution is 2.47. The fraction of sp³-hybridized carbons (Fsp3) is 0.412. The monoisotopic (exact) mass is 674 g/mol. The van der Waals surface area contributed by atoms with E-state index in [1.54, 1.807) is 60.7 Å². The van der Waals surface area contributed by atoms with Crippen molar-refractivity contribution in [3.05, 3.63) is 78.1 Å². The molecule has 1 aliphatic heterocycles. The van der Waals surface area contributed by atoms with Crippen molar-refractivity contribution in [3.63, 3.8) is 0 Å². The van der Waals surface area contributed by atoms with Gasteiger partial charge in [-0.25, -0.2) is 14.6 Å². The maximum absolute atomic E-state index is 13.8. The fourth-order valence-corrected chi connectivity index (χ4v) is 9.93. The highest BCUT2D eigenvalue weighted by atomic mass is 28.3. The van der Waals surface area contributed by atoms with Gasteiger partial charge in [-0.2, -0.15) is 9.97 Å². The Morgan fingerprint density at radius 3 is 2.08 bits per heavy atom. The third-order valence-electron chi connectivity index (χ3n) is 9.52. The molecule has 1 fully saturated rings. The van der Waals surface area contributed by atoms with Crippen LogP contribution in [0.5, 0.6) is 0 Å². The number of hydrogen-bond acceptors (Lipinski definition) is 12. The first-order valence-corrected chi connectivity index (χ1v) is 19.0. The first-order valence-electron chi connectivity index (χ1n) is 16.1. The van der Waals surface area contributed by atoms with Gasteiger partial charge in [0.05, 0.1) is 25.5 Å². The third kappa shape index (κ3) is 7.04. The van der Waals surface area contributed by atoms with Crippen molar-refractivity contribution >= 4 is 48.9 Å². The van der Waals surface area contributed by atoms with Crippen LogP contribution in [-0.4, -0.2) is 69.9 Å². The number of carbonyl (C=O) groups excluding carboxylic acids is 3. The normalized spacial score (nSPS) is 20.8. The summed E-state index contributed by atoms with van der Waals surface area (Å²) in [5, 5.41) is 0. The molecule has 5 rings (SSSR count). The zero-order chi connectivity index (χ0) is 34.5. The standard InChI is InChI=1S/C34H42N6O7Si/c1-5-48(6-2,7-3)19-18-34(20-44-31(42)23-14-10-8-11-15-23)27(46-32(43)24-16-12-9-13-17-24)26(45-22(4)41)30(47-34)40-21-37-25-28(35)38-33(36)39-29(25)40/h8-17,21,26-27,30H,5-7,18-20H2,1-4H3,(H4,35,36,38,39)/t26-,27+,30-,34-/m1/s1. The van der Waals surface area contributed by atoms with Crippen molar-refractivity contribution in [3.8, 4) is 0 Å². The third-order valence-corrected chi connectivity index (χ3v) is 15.3. The van der Waals surface area contributed by atoms with E-state index >= 15 is 0 Å². The molecule has 254 valence electrons. The molecule has 13 nitrogen and oxygen atoms in total. The van der Waals surface area contributed by atoms with Crippen molar-refractivity contribution in [1.82, 2.24) is 19.5 Å². The molecule has 14 heteroatoms. The molecule has 0 radical (unpaired) electrons. The quantitative estimate of drug-likeness (QED) is 0.108. The van der Waals surface area contributed by atoms with E-state index in [-0.39, 0.29) is 29.5 Å². The lowest BCUT2D eigenvalue weighted by molar-refractivity contribution is -0.156. The van der Waals surface area contributed by atoms with Crippen LogP contribution >= 0.6 is 0 Å². The van der Waals surface area contributed by atoms with Gasteiger partial charge in [-0.15, -0.1) is 0 Å². The van der Waals surface area contributed by atoms with Gasteiger partial charge in [0, 0.05) is 6.92 Å². The van der Waals surface area contributed by atoms with Gasteiger partial charge in [-0.3, -0.25) is 9.36 Å². The summed E-state index contributed by atoms with van der Waals surface area (Å²) in [6, 6.07) is 20.9. The zero-order valence-corrected chi connectivity index (χ0v) is 28.6. The molecule has 0 bridgehead atoms. The number of aromatic nitrogens is 4. The van der Waals surface area contributed by atoms with Crippen LogP contribution in [0.25, 0.3) is 11.2 Å². The molecule has 4 aromatic rings. The number of ether oxygens (including phenoxy) is 4. The topological polar surface area (TPSA) is 184 Å². The number of nitrogen functional groups attached to an aromatic ring is 2. The predicted octanol–water partition coefficient (Wildman–Crippen LogP) is 5.17. The first-order chi connectivity index (χ1) is 23.0. The van der Waals surface area contributed by atoms with Crippen LogP contribution in [0, 0.1) is 0 Å². The maximum Gasteiger partial charge on any atom is 0.338 e. The van der Waals surface area contributed by atoms with Gasteiger partial charge in [-0.1, -0.05) is 81.3 Å². The summed E-state index contributed by atoms with van der Waals surface area (Å²) in [6.07, 6.45) is -1.77. The molecule has 0 spiro atoms. The number of nitrogens with two attached hydrogens (primary N) is 2. The van der Waals surface area contributed by atoms with Gasteiger partial charge in [0.1, 0.15) is 17.7 Å². The molecular formula is C34H42N6O7Si. The van der Waals surface area contributed by atoms with Crippen molar-refractivity contribution in [2.45, 2.75) is 82.3 Å². The number of carbonyl (C=O) groups is 3. The second-order valence-electron chi connectivity index (χ2n) is 12.1. The average Bonchev–Trinajstić information content (AvgIpc) is 3.64. The highest BCUT2D eigenvalue weighted by molar-refractivity contribution is 6.79. The van der Waals surface area contributed by atoms with Crippen LogP contribution < -0.4 is 11.5 Å². The second kappa shape index (κ2) is 14.5. The Morgan fingerprint density at radius 1 is 0.896 bits per heavy atom. The summed E-state index contributed by atoms with van der Waals surface area (Å²) in [5.41, 5.74) is 11.8. The van der Waals surface area contributed by atoms with Gasteiger partial charge < -0.3 is 30.4 Å². The SMILES string of the molecule is CC[Si](CC)(CC)CC[C@]1(COC(=O)c2ccccc2)O[C@@H](n2cnc3c(N)nc(N)nc32)[C@H](OC(C)=O)[C@@H]1OC(=O)c1ccccc1. The van der Waals surface area contributed by atoms with E-state index < -0.39 is 50.0 Å². The van der Waals surface area contributed by atoms with E-state index in [1.807, 2.05) is 0 Å². The van der Waals surface area contributed by atoms with Crippen molar-refractivity contribution in [1.29, 1.82) is 0 Å². The van der Waals surface area contributed by atoms with Crippen molar-refractivity contribution in [2.75, 3.05) is 18.1 Å². The largest absolute Gasteiger partial charge is 0.459 e. The van der Waals surface area contributed by atoms with Crippen LogP contribution in [0.2, 0.25) is 24.2 Å². The second-order valence-corrected chi connectivity index (χ2v) is 17.8. The molecule has 3 heterocycles. The number of nitrogens with zero attached hydrogens (tertiary/aromatic N) is 4. The van der Waals surface area contributed by atoms with Crippen LogP contribution in [0.15, 0.2) is 67.0 Å². The summed E-state index contributed by atoms with van der Waals surface area (Å²) in [6.45, 7) is 7.55. The van der Waals surface area contributed by atoms with E-state index in [2.05, 4.69) is 35.7 Å². The minimum Gasteiger partial charge on any atom is -0.459 e. The van der Waals surface area contributed by atoms with E-state index in [0.29, 0.717) is 17.5 Å². The van der Waals surface area contributed by atoms with Gasteiger partial charge in [0.2, 0.25) is 5.95 Å². The summed E-state index contributed by atoms with van der Waals surface area (Å²) in [5.74, 6) is -1.91. The number of esters is 3. The minimum absolute atomic E-state index is 0.0537. The van der Waals surface area contributed by atoms with Crippen LogP contribution in [0.1, 0.15) is 61.1 Å². The van der Waals surface area contributed by atoms with Gasteiger partial charge in [-0.05, 0) is 30.7 Å². The Morgan fingerprint density at radius 2 is 1.50 bits per heavy atom. The lowest BCUT2D eigenvalue weighted by atomic mass is 9.92. The number of fused-ring (bicyclic) bond motifs is 1. The summed E-state index contributed by atoms with van der Waals surface area (Å²) in [4.78, 5) is 52.6. The Balaban J connectivity index is 1.66. The molecular weight excluding hydrogens is 632 g/mol. The van der Waals surface area contributed by atoms with Gasteiger partial charge in [0.25, 0.3) is 0 Å².